The summed E-state index contributed by atoms with van der Waals surface area (Å²) >= 11 is 0. The van der Waals surface area contributed by atoms with E-state index in [0.29, 0.717) is 30.2 Å². The van der Waals surface area contributed by atoms with Gasteiger partial charge in [0.1, 0.15) is 6.04 Å². The van der Waals surface area contributed by atoms with Crippen LogP contribution >= 0.6 is 0 Å². The highest BCUT2D eigenvalue weighted by atomic mass is 16.5. The second-order valence-electron chi connectivity index (χ2n) is 7.41. The summed E-state index contributed by atoms with van der Waals surface area (Å²) in [5, 5.41) is 2.97. The van der Waals surface area contributed by atoms with Gasteiger partial charge in [-0.3, -0.25) is 9.59 Å². The maximum atomic E-state index is 13.4. The molecule has 1 aliphatic heterocycles. The number of nitrogens with zero attached hydrogens (tertiary/aromatic N) is 1. The SMILES string of the molecule is COc1cc(C)c(NC(=O)C2Cc3ccccc3CN2C(=O)c2ccco2)cc1OC. The van der Waals surface area contributed by atoms with Crippen molar-refractivity contribution in [3.8, 4) is 11.5 Å². The number of furan rings is 1. The Morgan fingerprint density at radius 3 is 2.42 bits per heavy atom. The zero-order chi connectivity index (χ0) is 22.0. The fourth-order valence-corrected chi connectivity index (χ4v) is 3.84. The summed E-state index contributed by atoms with van der Waals surface area (Å²) in [5.74, 6) is 0.716. The van der Waals surface area contributed by atoms with E-state index in [2.05, 4.69) is 5.32 Å². The normalized spacial score (nSPS) is 15.2. The van der Waals surface area contributed by atoms with E-state index in [9.17, 15) is 9.59 Å². The summed E-state index contributed by atoms with van der Waals surface area (Å²) in [7, 11) is 3.10. The van der Waals surface area contributed by atoms with Crippen LogP contribution in [0, 0.1) is 6.92 Å². The maximum absolute atomic E-state index is 13.4. The van der Waals surface area contributed by atoms with Gasteiger partial charge in [0, 0.05) is 24.7 Å². The van der Waals surface area contributed by atoms with E-state index in [1.807, 2.05) is 31.2 Å². The van der Waals surface area contributed by atoms with Gasteiger partial charge in [0.05, 0.1) is 20.5 Å². The Hall–Kier alpha value is -3.74. The molecular formula is C24H24N2O5. The van der Waals surface area contributed by atoms with Crippen LogP contribution in [0.3, 0.4) is 0 Å². The quantitative estimate of drug-likeness (QED) is 0.679. The number of hydrogen-bond acceptors (Lipinski definition) is 5. The molecule has 4 rings (SSSR count). The van der Waals surface area contributed by atoms with Crippen molar-refractivity contribution >= 4 is 17.5 Å². The fourth-order valence-electron chi connectivity index (χ4n) is 3.84. The molecule has 0 aliphatic carbocycles. The number of aryl methyl sites for hydroxylation is 1. The van der Waals surface area contributed by atoms with Gasteiger partial charge in [-0.15, -0.1) is 0 Å². The Bertz CT molecular complexity index is 1110. The molecule has 0 radical (unpaired) electrons. The lowest BCUT2D eigenvalue weighted by Gasteiger charge is -2.35. The minimum absolute atomic E-state index is 0.208. The predicted molar refractivity (Wildman–Crippen MR) is 115 cm³/mol. The summed E-state index contributed by atoms with van der Waals surface area (Å²) in [6.07, 6.45) is 1.87. The molecule has 0 fully saturated rings. The van der Waals surface area contributed by atoms with Crippen molar-refractivity contribution in [2.24, 2.45) is 0 Å². The van der Waals surface area contributed by atoms with Crippen molar-refractivity contribution in [2.45, 2.75) is 25.9 Å². The number of benzene rings is 2. The molecule has 2 amide bonds. The zero-order valence-electron chi connectivity index (χ0n) is 17.7. The molecule has 0 spiro atoms. The van der Waals surface area contributed by atoms with Crippen LogP contribution in [0.25, 0.3) is 0 Å². The number of anilines is 1. The first-order chi connectivity index (χ1) is 15.0. The smallest absolute Gasteiger partial charge is 0.290 e. The highest BCUT2D eigenvalue weighted by molar-refractivity contribution is 6.01. The van der Waals surface area contributed by atoms with Crippen LogP contribution in [0.2, 0.25) is 0 Å². The van der Waals surface area contributed by atoms with E-state index >= 15 is 0 Å². The Kier molecular flexibility index (Phi) is 5.66. The number of nitrogens with one attached hydrogen (secondary N) is 1. The molecule has 0 bridgehead atoms. The molecule has 1 unspecified atom stereocenters. The third-order valence-corrected chi connectivity index (χ3v) is 5.53. The van der Waals surface area contributed by atoms with E-state index in [0.717, 1.165) is 16.7 Å². The summed E-state index contributed by atoms with van der Waals surface area (Å²) in [4.78, 5) is 28.0. The molecule has 1 atom stereocenters. The van der Waals surface area contributed by atoms with Crippen molar-refractivity contribution in [1.82, 2.24) is 4.90 Å². The van der Waals surface area contributed by atoms with E-state index < -0.39 is 6.04 Å². The predicted octanol–water partition coefficient (Wildman–Crippen LogP) is 3.81. The lowest BCUT2D eigenvalue weighted by molar-refractivity contribution is -0.121. The molecule has 2 aromatic carbocycles. The highest BCUT2D eigenvalue weighted by Gasteiger charge is 2.36. The second kappa shape index (κ2) is 8.55. The van der Waals surface area contributed by atoms with Gasteiger partial charge in [-0.05, 0) is 41.8 Å². The molecule has 1 aromatic heterocycles. The Labute approximate surface area is 180 Å². The monoisotopic (exact) mass is 420 g/mol. The van der Waals surface area contributed by atoms with Crippen molar-refractivity contribution in [1.29, 1.82) is 0 Å². The van der Waals surface area contributed by atoms with Crippen LogP contribution < -0.4 is 14.8 Å². The minimum atomic E-state index is -0.681. The van der Waals surface area contributed by atoms with Gasteiger partial charge in [-0.1, -0.05) is 24.3 Å². The second-order valence-corrected chi connectivity index (χ2v) is 7.41. The lowest BCUT2D eigenvalue weighted by Crippen LogP contribution is -2.50. The number of methoxy groups -OCH3 is 2. The van der Waals surface area contributed by atoms with E-state index in [-0.39, 0.29) is 17.6 Å². The van der Waals surface area contributed by atoms with Crippen LogP contribution in [-0.4, -0.2) is 37.0 Å². The van der Waals surface area contributed by atoms with Crippen LogP contribution in [-0.2, 0) is 17.8 Å². The van der Waals surface area contributed by atoms with Gasteiger partial charge in [0.15, 0.2) is 17.3 Å². The van der Waals surface area contributed by atoms with E-state index in [4.69, 9.17) is 13.9 Å². The number of fused-ring (bicyclic) bond motifs is 1. The number of rotatable bonds is 5. The lowest BCUT2D eigenvalue weighted by atomic mass is 9.93. The van der Waals surface area contributed by atoms with Gasteiger partial charge in [0.25, 0.3) is 5.91 Å². The van der Waals surface area contributed by atoms with Gasteiger partial charge >= 0.3 is 0 Å². The molecule has 0 saturated heterocycles. The van der Waals surface area contributed by atoms with Crippen molar-refractivity contribution < 1.29 is 23.5 Å². The van der Waals surface area contributed by atoms with Crippen molar-refractivity contribution in [3.63, 3.8) is 0 Å². The molecule has 2 heterocycles. The number of hydrogen-bond donors (Lipinski definition) is 1. The molecule has 7 nitrogen and oxygen atoms in total. The fraction of sp³-hybridized carbons (Fsp3) is 0.250. The molecular weight excluding hydrogens is 396 g/mol. The van der Waals surface area contributed by atoms with Gasteiger partial charge < -0.3 is 24.1 Å². The van der Waals surface area contributed by atoms with E-state index in [1.54, 1.807) is 43.4 Å². The number of amides is 2. The van der Waals surface area contributed by atoms with Crippen LogP contribution in [0.4, 0.5) is 5.69 Å². The van der Waals surface area contributed by atoms with Crippen LogP contribution in [0.1, 0.15) is 27.2 Å². The third-order valence-electron chi connectivity index (χ3n) is 5.53. The van der Waals surface area contributed by atoms with Gasteiger partial charge in [-0.2, -0.15) is 0 Å². The molecule has 0 saturated carbocycles. The summed E-state index contributed by atoms with van der Waals surface area (Å²) in [6, 6.07) is 14.0. The first-order valence-corrected chi connectivity index (χ1v) is 9.96. The standard InChI is InChI=1S/C24H24N2O5/c1-15-11-21(29-2)22(30-3)13-18(15)25-23(27)19-12-16-7-4-5-8-17(16)14-26(19)24(28)20-9-6-10-31-20/h4-11,13,19H,12,14H2,1-3H3,(H,25,27). The first kappa shape index (κ1) is 20.5. The molecule has 3 aromatic rings. The van der Waals surface area contributed by atoms with Crippen molar-refractivity contribution in [2.75, 3.05) is 19.5 Å². The molecule has 160 valence electrons. The number of ether oxygens (including phenoxy) is 2. The minimum Gasteiger partial charge on any atom is -0.493 e. The summed E-state index contributed by atoms with van der Waals surface area (Å²) in [5.41, 5.74) is 3.50. The van der Waals surface area contributed by atoms with Gasteiger partial charge in [0.2, 0.25) is 5.91 Å². The van der Waals surface area contributed by atoms with Gasteiger partial charge in [-0.25, -0.2) is 0 Å². The average molecular weight is 420 g/mol. The number of carbonyl (C=O) groups is 2. The first-order valence-electron chi connectivity index (χ1n) is 9.96. The Morgan fingerprint density at radius 1 is 1.03 bits per heavy atom. The Morgan fingerprint density at radius 2 is 1.74 bits per heavy atom. The highest BCUT2D eigenvalue weighted by Crippen LogP contribution is 2.33. The van der Waals surface area contributed by atoms with Crippen LogP contribution in [0.5, 0.6) is 11.5 Å². The molecule has 7 heteroatoms. The zero-order valence-corrected chi connectivity index (χ0v) is 17.7. The Balaban J connectivity index is 1.65. The van der Waals surface area contributed by atoms with Crippen molar-refractivity contribution in [3.05, 3.63) is 77.2 Å². The summed E-state index contributed by atoms with van der Waals surface area (Å²) in [6.45, 7) is 2.21. The third kappa shape index (κ3) is 3.99. The van der Waals surface area contributed by atoms with Crippen LogP contribution in [0.15, 0.2) is 59.2 Å². The largest absolute Gasteiger partial charge is 0.493 e. The topological polar surface area (TPSA) is 81.0 Å². The summed E-state index contributed by atoms with van der Waals surface area (Å²) < 4.78 is 16.0. The maximum Gasteiger partial charge on any atom is 0.290 e. The number of carbonyl (C=O) groups excluding carboxylic acids is 2. The molecule has 31 heavy (non-hydrogen) atoms. The molecule has 1 aliphatic rings. The average Bonchev–Trinajstić information content (AvgIpc) is 3.33. The molecule has 1 N–H and O–H groups in total. The van der Waals surface area contributed by atoms with E-state index in [1.165, 1.54) is 6.26 Å².